The van der Waals surface area contributed by atoms with Gasteiger partial charge in [-0.05, 0) is 49.5 Å². The topological polar surface area (TPSA) is 41.5 Å². The van der Waals surface area contributed by atoms with E-state index in [2.05, 4.69) is 10.1 Å². The highest BCUT2D eigenvalue weighted by Gasteiger charge is 2.32. The van der Waals surface area contributed by atoms with Gasteiger partial charge in [-0.15, -0.1) is 13.2 Å². The Kier molecular flexibility index (Phi) is 3.65. The molecule has 3 nitrogen and oxygen atoms in total. The molecule has 2 rings (SSSR count). The zero-order valence-corrected chi connectivity index (χ0v) is 9.63. The molecule has 2 N–H and O–H groups in total. The number of aromatic hydroxyl groups is 1. The molecule has 1 fully saturated rings. The fourth-order valence-corrected chi connectivity index (χ4v) is 2.15. The summed E-state index contributed by atoms with van der Waals surface area (Å²) in [6.07, 6.45) is -3.04. The lowest BCUT2D eigenvalue weighted by atomic mass is 9.90. The molecule has 1 aromatic carbocycles. The van der Waals surface area contributed by atoms with Crippen LogP contribution in [0.3, 0.4) is 0 Å². The van der Waals surface area contributed by atoms with Crippen molar-refractivity contribution in [2.45, 2.75) is 25.1 Å². The molecule has 6 heteroatoms. The predicted molar refractivity (Wildman–Crippen MR) is 59.6 cm³/mol. The van der Waals surface area contributed by atoms with Crippen LogP contribution in [-0.2, 0) is 0 Å². The van der Waals surface area contributed by atoms with E-state index in [4.69, 9.17) is 0 Å². The van der Waals surface area contributed by atoms with E-state index in [-0.39, 0.29) is 5.92 Å². The minimum atomic E-state index is -4.79. The minimum Gasteiger partial charge on any atom is -0.504 e. The molecule has 1 heterocycles. The van der Waals surface area contributed by atoms with Crippen molar-refractivity contribution < 1.29 is 23.0 Å². The molecule has 18 heavy (non-hydrogen) atoms. The smallest absolute Gasteiger partial charge is 0.504 e. The van der Waals surface area contributed by atoms with Crippen LogP contribution in [0.15, 0.2) is 18.2 Å². The Hall–Kier alpha value is -1.43. The first-order chi connectivity index (χ1) is 8.46. The minimum absolute atomic E-state index is 0.211. The first-order valence-electron chi connectivity index (χ1n) is 5.75. The number of ether oxygens (including phenoxy) is 1. The van der Waals surface area contributed by atoms with Crippen LogP contribution in [0.5, 0.6) is 11.5 Å². The van der Waals surface area contributed by atoms with Gasteiger partial charge in [0.2, 0.25) is 0 Å². The van der Waals surface area contributed by atoms with Crippen molar-refractivity contribution in [2.75, 3.05) is 13.1 Å². The van der Waals surface area contributed by atoms with Gasteiger partial charge in [0.25, 0.3) is 0 Å². The third-order valence-electron chi connectivity index (χ3n) is 3.02. The number of hydrogen-bond acceptors (Lipinski definition) is 3. The molecule has 100 valence electrons. The third kappa shape index (κ3) is 3.29. The van der Waals surface area contributed by atoms with Crippen molar-refractivity contribution in [3.05, 3.63) is 23.8 Å². The number of phenolic OH excluding ortho intramolecular Hbond substituents is 1. The van der Waals surface area contributed by atoms with Crippen molar-refractivity contribution in [3.63, 3.8) is 0 Å². The van der Waals surface area contributed by atoms with Crippen LogP contribution in [0.4, 0.5) is 13.2 Å². The molecule has 0 bridgehead atoms. The summed E-state index contributed by atoms with van der Waals surface area (Å²) in [5, 5.41) is 12.5. The van der Waals surface area contributed by atoms with E-state index < -0.39 is 17.9 Å². The third-order valence-corrected chi connectivity index (χ3v) is 3.02. The molecule has 0 atom stereocenters. The van der Waals surface area contributed by atoms with Crippen LogP contribution in [0.2, 0.25) is 0 Å². The summed E-state index contributed by atoms with van der Waals surface area (Å²) >= 11 is 0. The van der Waals surface area contributed by atoms with Crippen LogP contribution in [0.25, 0.3) is 0 Å². The maximum absolute atomic E-state index is 12.2. The zero-order chi connectivity index (χ0) is 13.2. The molecule has 0 amide bonds. The summed E-state index contributed by atoms with van der Waals surface area (Å²) in [4.78, 5) is 0. The van der Waals surface area contributed by atoms with Gasteiger partial charge in [-0.25, -0.2) is 0 Å². The molecule has 0 aliphatic carbocycles. The maximum atomic E-state index is 12.2. The lowest BCUT2D eigenvalue weighted by Gasteiger charge is -2.23. The number of benzene rings is 1. The SMILES string of the molecule is Oc1ccc(C2CCNCC2)cc1OC(F)(F)F. The highest BCUT2D eigenvalue weighted by atomic mass is 19.4. The van der Waals surface area contributed by atoms with Crippen LogP contribution >= 0.6 is 0 Å². The van der Waals surface area contributed by atoms with Gasteiger partial charge in [-0.1, -0.05) is 6.07 Å². The van der Waals surface area contributed by atoms with Gasteiger partial charge in [-0.2, -0.15) is 0 Å². The number of rotatable bonds is 2. The summed E-state index contributed by atoms with van der Waals surface area (Å²) in [6, 6.07) is 4.17. The van der Waals surface area contributed by atoms with Crippen LogP contribution < -0.4 is 10.1 Å². The molecule has 1 saturated heterocycles. The molecule has 0 radical (unpaired) electrons. The Labute approximate surface area is 103 Å². The predicted octanol–water partition coefficient (Wildman–Crippen LogP) is 2.76. The Bertz CT molecular complexity index is 414. The molecular weight excluding hydrogens is 247 g/mol. The van der Waals surface area contributed by atoms with E-state index in [0.717, 1.165) is 31.5 Å². The highest BCUT2D eigenvalue weighted by Crippen LogP contribution is 2.35. The molecule has 0 spiro atoms. The van der Waals surface area contributed by atoms with Gasteiger partial charge in [0.1, 0.15) is 0 Å². The fraction of sp³-hybridized carbons (Fsp3) is 0.500. The van der Waals surface area contributed by atoms with E-state index in [9.17, 15) is 18.3 Å². The molecule has 0 aromatic heterocycles. The number of piperidine rings is 1. The lowest BCUT2D eigenvalue weighted by Crippen LogP contribution is -2.26. The van der Waals surface area contributed by atoms with Gasteiger partial charge >= 0.3 is 6.36 Å². The number of hydrogen-bond donors (Lipinski definition) is 2. The first kappa shape index (κ1) is 13.0. The van der Waals surface area contributed by atoms with Crippen molar-refractivity contribution >= 4 is 0 Å². The monoisotopic (exact) mass is 261 g/mol. The zero-order valence-electron chi connectivity index (χ0n) is 9.63. The van der Waals surface area contributed by atoms with E-state index >= 15 is 0 Å². The molecule has 1 aromatic rings. The van der Waals surface area contributed by atoms with Gasteiger partial charge in [0.05, 0.1) is 0 Å². The largest absolute Gasteiger partial charge is 0.573 e. The normalized spacial score (nSPS) is 17.7. The molecule has 0 saturated carbocycles. The van der Waals surface area contributed by atoms with Crippen molar-refractivity contribution in [3.8, 4) is 11.5 Å². The fourth-order valence-electron chi connectivity index (χ4n) is 2.15. The second-order valence-electron chi connectivity index (χ2n) is 4.30. The number of halogens is 3. The van der Waals surface area contributed by atoms with E-state index in [0.29, 0.717) is 0 Å². The van der Waals surface area contributed by atoms with Crippen molar-refractivity contribution in [2.24, 2.45) is 0 Å². The number of nitrogens with one attached hydrogen (secondary N) is 1. The summed E-state index contributed by atoms with van der Waals surface area (Å²) in [5.41, 5.74) is 0.772. The Morgan fingerprint density at radius 3 is 2.50 bits per heavy atom. The number of phenols is 1. The summed E-state index contributed by atoms with van der Waals surface area (Å²) < 4.78 is 40.3. The number of alkyl halides is 3. The average molecular weight is 261 g/mol. The quantitative estimate of drug-likeness (QED) is 0.860. The Balaban J connectivity index is 2.19. The van der Waals surface area contributed by atoms with E-state index in [1.807, 2.05) is 0 Å². The van der Waals surface area contributed by atoms with Crippen molar-refractivity contribution in [1.82, 2.24) is 5.32 Å². The standard InChI is InChI=1S/C12H14F3NO2/c13-12(14,15)18-11-7-9(1-2-10(11)17)8-3-5-16-6-4-8/h1-2,7-8,16-17H,3-6H2. The summed E-state index contributed by atoms with van der Waals surface area (Å²) in [5.74, 6) is -0.814. The highest BCUT2D eigenvalue weighted by molar-refractivity contribution is 5.43. The Morgan fingerprint density at radius 1 is 1.22 bits per heavy atom. The van der Waals surface area contributed by atoms with E-state index in [1.165, 1.54) is 12.1 Å². The molecular formula is C12H14F3NO2. The Morgan fingerprint density at radius 2 is 1.89 bits per heavy atom. The first-order valence-corrected chi connectivity index (χ1v) is 5.75. The van der Waals surface area contributed by atoms with E-state index in [1.54, 1.807) is 6.07 Å². The lowest BCUT2D eigenvalue weighted by molar-refractivity contribution is -0.275. The van der Waals surface area contributed by atoms with Gasteiger partial charge in [-0.3, -0.25) is 0 Å². The average Bonchev–Trinajstić information content (AvgIpc) is 2.31. The molecule has 0 unspecified atom stereocenters. The maximum Gasteiger partial charge on any atom is 0.573 e. The molecule has 1 aliphatic heterocycles. The van der Waals surface area contributed by atoms with Gasteiger partial charge in [0.15, 0.2) is 11.5 Å². The van der Waals surface area contributed by atoms with Crippen LogP contribution in [-0.4, -0.2) is 24.6 Å². The van der Waals surface area contributed by atoms with Crippen LogP contribution in [0.1, 0.15) is 24.3 Å². The van der Waals surface area contributed by atoms with Crippen molar-refractivity contribution in [1.29, 1.82) is 0 Å². The van der Waals surface area contributed by atoms with Crippen LogP contribution in [0, 0.1) is 0 Å². The second kappa shape index (κ2) is 5.06. The van der Waals surface area contributed by atoms with Gasteiger partial charge < -0.3 is 15.2 Å². The molecule has 1 aliphatic rings. The van der Waals surface area contributed by atoms with Gasteiger partial charge in [0, 0.05) is 0 Å². The summed E-state index contributed by atoms with van der Waals surface area (Å²) in [6.45, 7) is 1.70. The summed E-state index contributed by atoms with van der Waals surface area (Å²) in [7, 11) is 0. The second-order valence-corrected chi connectivity index (χ2v) is 4.30.